The molecule has 0 amide bonds. The summed E-state index contributed by atoms with van der Waals surface area (Å²) in [7, 11) is 0. The summed E-state index contributed by atoms with van der Waals surface area (Å²) >= 11 is 7.48. The van der Waals surface area contributed by atoms with E-state index in [1.165, 1.54) is 140 Å². The van der Waals surface area contributed by atoms with E-state index in [1.54, 1.807) is 0 Å². The number of allylic oxidation sites excluding steroid dienone is 4. The molecule has 3 aromatic heterocycles. The highest BCUT2D eigenvalue weighted by atomic mass is 79.9. The zero-order valence-electron chi connectivity index (χ0n) is 30.7. The molecule has 2 N–H and O–H groups in total. The Labute approximate surface area is 333 Å². The smallest absolute Gasteiger partial charge is 0.0772 e. The first kappa shape index (κ1) is 33.3. The average Bonchev–Trinajstić information content (AvgIpc) is 3.96. The highest BCUT2D eigenvalue weighted by Crippen LogP contribution is 2.50. The van der Waals surface area contributed by atoms with Crippen molar-refractivity contribution in [2.75, 3.05) is 0 Å². The maximum atomic E-state index is 5.74. The number of halogens is 2. The van der Waals surface area contributed by atoms with Crippen molar-refractivity contribution < 1.29 is 0 Å². The van der Waals surface area contributed by atoms with E-state index in [2.05, 4.69) is 102 Å². The minimum absolute atomic E-state index is 1.07. The van der Waals surface area contributed by atoms with Crippen LogP contribution in [0.25, 0.3) is 66.6 Å². The molecule has 0 saturated heterocycles. The fourth-order valence-electron chi connectivity index (χ4n) is 10.6. The zero-order chi connectivity index (χ0) is 35.9. The van der Waals surface area contributed by atoms with Crippen LogP contribution in [0.1, 0.15) is 122 Å². The molecule has 5 heterocycles. The lowest BCUT2D eigenvalue weighted by atomic mass is 9.84. The molecular formula is C48H44Br2N4. The van der Waals surface area contributed by atoms with Crippen molar-refractivity contribution in [1.29, 1.82) is 0 Å². The van der Waals surface area contributed by atoms with Crippen LogP contribution in [0.2, 0.25) is 0 Å². The van der Waals surface area contributed by atoms with E-state index in [9.17, 15) is 0 Å². The van der Waals surface area contributed by atoms with Crippen molar-refractivity contribution in [1.82, 2.24) is 19.9 Å². The molecule has 0 radical (unpaired) electrons. The summed E-state index contributed by atoms with van der Waals surface area (Å²) in [4.78, 5) is 19.8. The number of benzene rings is 2. The van der Waals surface area contributed by atoms with E-state index >= 15 is 0 Å². The Morgan fingerprint density at radius 2 is 0.778 bits per heavy atom. The first-order valence-corrected chi connectivity index (χ1v) is 22.0. The number of aryl methyl sites for hydroxylation is 4. The number of nitrogens with one attached hydrogen (secondary N) is 2. The summed E-state index contributed by atoms with van der Waals surface area (Å²) in [5.41, 5.74) is 26.5. The molecule has 6 heteroatoms. The fourth-order valence-corrected chi connectivity index (χ4v) is 11.1. The lowest BCUT2D eigenvalue weighted by Crippen LogP contribution is -2.01. The molecule has 4 aliphatic carbocycles. The number of aromatic amines is 2. The average molecular weight is 837 g/mol. The third-order valence-electron chi connectivity index (χ3n) is 13.1. The van der Waals surface area contributed by atoms with Crippen molar-refractivity contribution in [2.45, 2.75) is 103 Å². The van der Waals surface area contributed by atoms with Gasteiger partial charge in [-0.3, -0.25) is 0 Å². The molecular weight excluding hydrogens is 792 g/mol. The molecule has 2 aromatic carbocycles. The Morgan fingerprint density at radius 3 is 1.22 bits per heavy atom. The van der Waals surface area contributed by atoms with Crippen molar-refractivity contribution >= 4 is 76.2 Å². The number of fused-ring (bicyclic) bond motifs is 18. The van der Waals surface area contributed by atoms with Crippen LogP contribution in [0.15, 0.2) is 69.6 Å². The van der Waals surface area contributed by atoms with Gasteiger partial charge in [-0.05, 0) is 195 Å². The minimum Gasteiger partial charge on any atom is -0.354 e. The maximum absolute atomic E-state index is 5.74. The van der Waals surface area contributed by atoms with Gasteiger partial charge in [-0.1, -0.05) is 56.1 Å². The number of hydrogen-bond donors (Lipinski definition) is 2. The van der Waals surface area contributed by atoms with Crippen molar-refractivity contribution in [3.8, 4) is 22.3 Å². The summed E-state index contributed by atoms with van der Waals surface area (Å²) in [5, 5.41) is 0. The molecule has 2 aliphatic heterocycles. The topological polar surface area (TPSA) is 57.4 Å². The summed E-state index contributed by atoms with van der Waals surface area (Å²) in [6.45, 7) is 0. The van der Waals surface area contributed by atoms with Crippen molar-refractivity contribution in [3.05, 3.63) is 115 Å². The number of aromatic nitrogens is 4. The van der Waals surface area contributed by atoms with Gasteiger partial charge in [0.15, 0.2) is 0 Å². The Balaban J connectivity index is 1.36. The first-order chi connectivity index (χ1) is 26.6. The largest absolute Gasteiger partial charge is 0.354 e. The second-order valence-electron chi connectivity index (χ2n) is 16.2. The fraction of sp³-hybridized carbons (Fsp3) is 0.333. The standard InChI is InChI=1S/C48H44Br2N4/c49-29-21-17-27(18-22-29)43-45-35-13-5-1-9-31(35)39(51-45)25-40-32-10-2-6-14-36(32)47(52-40)44(28-19-23-30(50)24-20-28)48-38-16-8-4-12-34(38)42(54-48)26-41-33-11-3-7-15-37(33)46(43)53-41/h17-26,51,53H,1-16H2. The van der Waals surface area contributed by atoms with E-state index in [0.29, 0.717) is 0 Å². The monoisotopic (exact) mass is 834 g/mol. The molecule has 270 valence electrons. The molecule has 0 saturated carbocycles. The van der Waals surface area contributed by atoms with Gasteiger partial charge in [0.05, 0.1) is 33.8 Å². The van der Waals surface area contributed by atoms with Gasteiger partial charge < -0.3 is 9.97 Å². The first-order valence-electron chi connectivity index (χ1n) is 20.4. The molecule has 8 bridgehead atoms. The minimum atomic E-state index is 1.07. The predicted octanol–water partition coefficient (Wildman–Crippen LogP) is 13.9. The van der Waals surface area contributed by atoms with Crippen LogP contribution in [-0.4, -0.2) is 19.9 Å². The predicted molar refractivity (Wildman–Crippen MR) is 231 cm³/mol. The molecule has 0 atom stereocenters. The van der Waals surface area contributed by atoms with Crippen LogP contribution in [0, 0.1) is 0 Å². The highest BCUT2D eigenvalue weighted by molar-refractivity contribution is 9.10. The highest BCUT2D eigenvalue weighted by Gasteiger charge is 2.32. The van der Waals surface area contributed by atoms with Gasteiger partial charge in [-0.15, -0.1) is 0 Å². The third-order valence-corrected chi connectivity index (χ3v) is 14.2. The van der Waals surface area contributed by atoms with E-state index in [0.717, 1.165) is 83.1 Å². The Kier molecular flexibility index (Phi) is 8.24. The van der Waals surface area contributed by atoms with E-state index in [4.69, 9.17) is 9.97 Å². The Hall–Kier alpha value is -4.00. The number of hydrogen-bond acceptors (Lipinski definition) is 2. The van der Waals surface area contributed by atoms with Gasteiger partial charge in [-0.2, -0.15) is 0 Å². The van der Waals surface area contributed by atoms with Gasteiger partial charge in [0.1, 0.15) is 0 Å². The number of nitrogens with zero attached hydrogens (tertiary/aromatic N) is 2. The van der Waals surface area contributed by atoms with Crippen LogP contribution >= 0.6 is 31.9 Å². The summed E-state index contributed by atoms with van der Waals surface area (Å²) < 4.78 is 2.20. The Morgan fingerprint density at radius 1 is 0.407 bits per heavy atom. The summed E-state index contributed by atoms with van der Waals surface area (Å²) in [6.07, 6.45) is 18.4. The molecule has 0 fully saturated rings. The van der Waals surface area contributed by atoms with Gasteiger partial charge in [0.25, 0.3) is 0 Å². The van der Waals surface area contributed by atoms with Gasteiger partial charge in [-0.25, -0.2) is 9.97 Å². The van der Waals surface area contributed by atoms with Crippen LogP contribution in [0.3, 0.4) is 0 Å². The second-order valence-corrected chi connectivity index (χ2v) is 18.1. The van der Waals surface area contributed by atoms with E-state index in [1.807, 2.05) is 0 Å². The van der Waals surface area contributed by atoms with E-state index in [-0.39, 0.29) is 0 Å². The lowest BCUT2D eigenvalue weighted by molar-refractivity contribution is 0.695. The molecule has 11 rings (SSSR count). The van der Waals surface area contributed by atoms with Gasteiger partial charge in [0.2, 0.25) is 0 Å². The second kappa shape index (κ2) is 13.3. The Bertz CT molecular complexity index is 2480. The normalized spacial score (nSPS) is 18.0. The van der Waals surface area contributed by atoms with Crippen LogP contribution in [-0.2, 0) is 25.7 Å². The SMILES string of the molecule is Brc1ccc(-c2c3nc(cc4[nH]c(c5c4CCCC5)c(-c4ccc(Br)cc4)c4[nH]c(cc5nc2C2=C5CCCC2)c2c4CCCC2)C2=C3CCCC2)cc1. The zero-order valence-corrected chi connectivity index (χ0v) is 33.9. The molecule has 0 unspecified atom stereocenters. The summed E-state index contributed by atoms with van der Waals surface area (Å²) in [5.74, 6) is 0. The molecule has 5 aromatic rings. The van der Waals surface area contributed by atoms with Crippen LogP contribution in [0.5, 0.6) is 0 Å². The van der Waals surface area contributed by atoms with E-state index < -0.39 is 0 Å². The maximum Gasteiger partial charge on any atom is 0.0772 e. The lowest BCUT2D eigenvalue weighted by Gasteiger charge is -2.18. The molecule has 4 nitrogen and oxygen atoms in total. The number of rotatable bonds is 2. The van der Waals surface area contributed by atoms with Crippen molar-refractivity contribution in [2.24, 2.45) is 0 Å². The van der Waals surface area contributed by atoms with Gasteiger partial charge >= 0.3 is 0 Å². The van der Waals surface area contributed by atoms with Gasteiger partial charge in [0, 0.05) is 31.1 Å². The van der Waals surface area contributed by atoms with Crippen LogP contribution < -0.4 is 0 Å². The van der Waals surface area contributed by atoms with Crippen molar-refractivity contribution in [3.63, 3.8) is 0 Å². The number of H-pyrrole nitrogens is 2. The molecule has 6 aliphatic rings. The quantitative estimate of drug-likeness (QED) is 0.186. The van der Waals surface area contributed by atoms with Crippen LogP contribution in [0.4, 0.5) is 0 Å². The summed E-state index contributed by atoms with van der Waals surface area (Å²) in [6, 6.07) is 22.8. The molecule has 54 heavy (non-hydrogen) atoms. The third kappa shape index (κ3) is 5.41. The molecule has 0 spiro atoms.